The normalized spacial score (nSPS) is 12.5. The molecule has 138 valence electrons. The van der Waals surface area contributed by atoms with Crippen LogP contribution in [0.3, 0.4) is 0 Å². The van der Waals surface area contributed by atoms with Gasteiger partial charge in [0.2, 0.25) is 5.88 Å². The molecule has 27 heavy (non-hydrogen) atoms. The second-order valence-corrected chi connectivity index (χ2v) is 6.06. The van der Waals surface area contributed by atoms with Gasteiger partial charge in [-0.2, -0.15) is 10.4 Å². The average Bonchev–Trinajstić information content (AvgIpc) is 2.98. The van der Waals surface area contributed by atoms with Crippen molar-refractivity contribution in [1.82, 2.24) is 14.5 Å². The van der Waals surface area contributed by atoms with Crippen LogP contribution in [-0.2, 0) is 6.54 Å². The zero-order valence-corrected chi connectivity index (χ0v) is 14.5. The third-order valence-electron chi connectivity index (χ3n) is 3.98. The van der Waals surface area contributed by atoms with E-state index in [9.17, 15) is 25.1 Å². The summed E-state index contributed by atoms with van der Waals surface area (Å²) in [4.78, 5) is 29.1. The molecule has 0 radical (unpaired) electrons. The SMILES string of the molecule is Cc1c(C#N)c(O)n(CC(C)O)c(=O)c1N=Nc1ccc2[nH]c(=O)[nH]c2c1. The lowest BCUT2D eigenvalue weighted by molar-refractivity contribution is 0.167. The van der Waals surface area contributed by atoms with Gasteiger partial charge < -0.3 is 20.2 Å². The number of aromatic hydroxyl groups is 1. The number of pyridine rings is 1. The van der Waals surface area contributed by atoms with Crippen molar-refractivity contribution in [3.8, 4) is 11.9 Å². The highest BCUT2D eigenvalue weighted by atomic mass is 16.3. The number of nitriles is 1. The Kier molecular flexibility index (Phi) is 4.62. The van der Waals surface area contributed by atoms with Crippen molar-refractivity contribution < 1.29 is 10.2 Å². The summed E-state index contributed by atoms with van der Waals surface area (Å²) >= 11 is 0. The molecule has 1 atom stereocenters. The number of rotatable bonds is 4. The summed E-state index contributed by atoms with van der Waals surface area (Å²) in [6.07, 6.45) is -0.916. The fraction of sp³-hybridized carbons (Fsp3) is 0.235. The molecule has 1 aromatic carbocycles. The van der Waals surface area contributed by atoms with Gasteiger partial charge in [0.1, 0.15) is 11.6 Å². The first-order valence-electron chi connectivity index (χ1n) is 8.00. The van der Waals surface area contributed by atoms with Crippen molar-refractivity contribution in [2.75, 3.05) is 0 Å². The number of aromatic nitrogens is 3. The van der Waals surface area contributed by atoms with Gasteiger partial charge in [-0.1, -0.05) is 0 Å². The Morgan fingerprint density at radius 1 is 1.26 bits per heavy atom. The van der Waals surface area contributed by atoms with E-state index in [1.807, 2.05) is 6.07 Å². The van der Waals surface area contributed by atoms with Crippen LogP contribution in [0.2, 0.25) is 0 Å². The number of aliphatic hydroxyl groups is 1. The second-order valence-electron chi connectivity index (χ2n) is 6.06. The number of hydrogen-bond acceptors (Lipinski definition) is 7. The van der Waals surface area contributed by atoms with Crippen molar-refractivity contribution in [3.05, 3.63) is 50.2 Å². The van der Waals surface area contributed by atoms with E-state index in [1.165, 1.54) is 13.8 Å². The molecule has 0 aliphatic heterocycles. The quantitative estimate of drug-likeness (QED) is 0.515. The number of nitrogens with one attached hydrogen (secondary N) is 2. The first kappa shape index (κ1) is 18.1. The smallest absolute Gasteiger partial charge is 0.323 e. The van der Waals surface area contributed by atoms with Crippen molar-refractivity contribution >= 4 is 22.4 Å². The standard InChI is InChI=1S/C17H16N6O4/c1-8(24)7-23-15(25)11(6-18)9(2)14(16(23)26)22-21-10-3-4-12-13(5-10)20-17(27)19-12/h3-5,8,24-25H,7H2,1-2H3,(H2,19,20,27). The zero-order chi connectivity index (χ0) is 19.7. The molecule has 2 heterocycles. The van der Waals surface area contributed by atoms with Gasteiger partial charge >= 0.3 is 5.69 Å². The molecule has 10 nitrogen and oxygen atoms in total. The molecule has 0 amide bonds. The molecular weight excluding hydrogens is 352 g/mol. The first-order chi connectivity index (χ1) is 12.8. The van der Waals surface area contributed by atoms with E-state index in [-0.39, 0.29) is 29.0 Å². The van der Waals surface area contributed by atoms with Crippen LogP contribution in [0.15, 0.2) is 38.0 Å². The Labute approximate surface area is 152 Å². The molecule has 0 aliphatic rings. The van der Waals surface area contributed by atoms with Crippen LogP contribution >= 0.6 is 0 Å². The summed E-state index contributed by atoms with van der Waals surface area (Å²) in [6, 6.07) is 6.65. The number of aromatic amines is 2. The number of imidazole rings is 1. The van der Waals surface area contributed by atoms with Gasteiger partial charge in [-0.3, -0.25) is 9.36 Å². The molecule has 0 spiro atoms. The van der Waals surface area contributed by atoms with E-state index < -0.39 is 17.5 Å². The van der Waals surface area contributed by atoms with Crippen LogP contribution in [0.5, 0.6) is 5.88 Å². The number of benzene rings is 1. The Morgan fingerprint density at radius 3 is 2.63 bits per heavy atom. The fourth-order valence-corrected chi connectivity index (χ4v) is 2.68. The van der Waals surface area contributed by atoms with Crippen molar-refractivity contribution in [1.29, 1.82) is 5.26 Å². The number of H-pyrrole nitrogens is 2. The van der Waals surface area contributed by atoms with Crippen LogP contribution in [0, 0.1) is 18.3 Å². The Morgan fingerprint density at radius 2 is 1.96 bits per heavy atom. The zero-order valence-electron chi connectivity index (χ0n) is 14.5. The topological polar surface area (TPSA) is 160 Å². The van der Waals surface area contributed by atoms with Crippen LogP contribution in [0.4, 0.5) is 11.4 Å². The predicted molar refractivity (Wildman–Crippen MR) is 96.6 cm³/mol. The van der Waals surface area contributed by atoms with Gasteiger partial charge in [0, 0.05) is 5.56 Å². The number of aliphatic hydroxyl groups excluding tert-OH is 1. The van der Waals surface area contributed by atoms with Crippen LogP contribution in [0.1, 0.15) is 18.1 Å². The van der Waals surface area contributed by atoms with Gasteiger partial charge in [0.05, 0.1) is 29.4 Å². The molecule has 0 saturated heterocycles. The summed E-state index contributed by atoms with van der Waals surface area (Å²) in [5, 5.41) is 36.9. The Balaban J connectivity index is 2.12. The molecular formula is C17H16N6O4. The van der Waals surface area contributed by atoms with E-state index in [0.717, 1.165) is 4.57 Å². The molecule has 1 unspecified atom stereocenters. The van der Waals surface area contributed by atoms with E-state index in [1.54, 1.807) is 18.2 Å². The average molecular weight is 368 g/mol. The van der Waals surface area contributed by atoms with E-state index in [4.69, 9.17) is 0 Å². The molecule has 4 N–H and O–H groups in total. The van der Waals surface area contributed by atoms with Gasteiger partial charge in [-0.05, 0) is 32.0 Å². The third-order valence-corrected chi connectivity index (χ3v) is 3.98. The Hall–Kier alpha value is -3.71. The molecule has 10 heteroatoms. The molecule has 2 aromatic heterocycles. The highest BCUT2D eigenvalue weighted by molar-refractivity contribution is 5.77. The Bertz CT molecular complexity index is 1210. The summed E-state index contributed by atoms with van der Waals surface area (Å²) < 4.78 is 0.886. The maximum atomic E-state index is 12.6. The van der Waals surface area contributed by atoms with Gasteiger partial charge in [-0.15, -0.1) is 5.11 Å². The fourth-order valence-electron chi connectivity index (χ4n) is 2.68. The molecule has 0 bridgehead atoms. The number of azo groups is 1. The number of nitrogens with zero attached hydrogens (tertiary/aromatic N) is 4. The van der Waals surface area contributed by atoms with E-state index in [0.29, 0.717) is 16.7 Å². The summed E-state index contributed by atoms with van der Waals surface area (Å²) in [7, 11) is 0. The predicted octanol–water partition coefficient (Wildman–Crippen LogP) is 1.70. The minimum absolute atomic E-state index is 0.116. The molecule has 0 fully saturated rings. The third kappa shape index (κ3) is 3.36. The highest BCUT2D eigenvalue weighted by Gasteiger charge is 2.20. The van der Waals surface area contributed by atoms with Gasteiger partial charge in [0.15, 0.2) is 5.69 Å². The lowest BCUT2D eigenvalue weighted by atomic mass is 10.1. The largest absolute Gasteiger partial charge is 0.493 e. The molecule has 3 rings (SSSR count). The maximum absolute atomic E-state index is 12.6. The summed E-state index contributed by atoms with van der Waals surface area (Å²) in [5.41, 5.74) is 0.432. The second kappa shape index (κ2) is 6.89. The van der Waals surface area contributed by atoms with Crippen molar-refractivity contribution in [2.45, 2.75) is 26.5 Å². The number of fused-ring (bicyclic) bond motifs is 1. The van der Waals surface area contributed by atoms with E-state index >= 15 is 0 Å². The molecule has 0 aliphatic carbocycles. The minimum atomic E-state index is -0.916. The van der Waals surface area contributed by atoms with Crippen LogP contribution < -0.4 is 11.2 Å². The number of hydrogen-bond donors (Lipinski definition) is 4. The van der Waals surface area contributed by atoms with Crippen molar-refractivity contribution in [3.63, 3.8) is 0 Å². The monoisotopic (exact) mass is 368 g/mol. The highest BCUT2D eigenvalue weighted by Crippen LogP contribution is 2.27. The lowest BCUT2D eigenvalue weighted by Crippen LogP contribution is -2.26. The molecule has 3 aromatic rings. The first-order valence-corrected chi connectivity index (χ1v) is 8.00. The van der Waals surface area contributed by atoms with Crippen LogP contribution in [-0.4, -0.2) is 30.9 Å². The maximum Gasteiger partial charge on any atom is 0.323 e. The summed E-state index contributed by atoms with van der Waals surface area (Å²) in [6.45, 7) is 2.73. The van der Waals surface area contributed by atoms with Gasteiger partial charge in [0.25, 0.3) is 5.56 Å². The van der Waals surface area contributed by atoms with Crippen LogP contribution in [0.25, 0.3) is 11.0 Å². The molecule has 0 saturated carbocycles. The van der Waals surface area contributed by atoms with Gasteiger partial charge in [-0.25, -0.2) is 4.79 Å². The van der Waals surface area contributed by atoms with E-state index in [2.05, 4.69) is 20.2 Å². The summed E-state index contributed by atoms with van der Waals surface area (Å²) in [5.74, 6) is -0.522. The van der Waals surface area contributed by atoms with Crippen molar-refractivity contribution in [2.24, 2.45) is 10.2 Å². The lowest BCUT2D eigenvalue weighted by Gasteiger charge is -2.14. The minimum Gasteiger partial charge on any atom is -0.493 e.